The van der Waals surface area contributed by atoms with Gasteiger partial charge < -0.3 is 5.32 Å². The molecular weight excluding hydrogens is 234 g/mol. The highest BCUT2D eigenvalue weighted by atomic mass is 35.5. The van der Waals surface area contributed by atoms with Crippen LogP contribution in [0.3, 0.4) is 0 Å². The second-order valence-electron chi connectivity index (χ2n) is 3.19. The van der Waals surface area contributed by atoms with Crippen molar-refractivity contribution in [3.05, 3.63) is 21.6 Å². The van der Waals surface area contributed by atoms with E-state index in [-0.39, 0.29) is 10.6 Å². The van der Waals surface area contributed by atoms with Gasteiger partial charge in [0, 0.05) is 11.8 Å². The molecule has 1 rings (SSSR count). The van der Waals surface area contributed by atoms with E-state index < -0.39 is 0 Å². The van der Waals surface area contributed by atoms with Crippen LogP contribution in [0.1, 0.15) is 13.3 Å². The molecule has 0 saturated carbocycles. The first-order valence-electron chi connectivity index (χ1n) is 4.65. The van der Waals surface area contributed by atoms with Crippen LogP contribution in [0.15, 0.2) is 11.0 Å². The van der Waals surface area contributed by atoms with Gasteiger partial charge in [-0.3, -0.25) is 4.79 Å². The summed E-state index contributed by atoms with van der Waals surface area (Å²) in [4.78, 5) is 11.1. The van der Waals surface area contributed by atoms with E-state index in [1.54, 1.807) is 0 Å². The number of thioether (sulfide) groups is 1. The number of H-pyrrole nitrogens is 1. The van der Waals surface area contributed by atoms with Crippen LogP contribution in [0.25, 0.3) is 0 Å². The maximum atomic E-state index is 11.1. The summed E-state index contributed by atoms with van der Waals surface area (Å²) in [6, 6.07) is 0. The minimum atomic E-state index is -0.361. The highest BCUT2D eigenvalue weighted by Gasteiger charge is 2.04. The predicted octanol–water partition coefficient (Wildman–Crippen LogP) is 1.98. The number of anilines is 1. The fraction of sp³-hybridized carbons (Fsp3) is 0.556. The smallest absolute Gasteiger partial charge is 0.285 e. The van der Waals surface area contributed by atoms with Gasteiger partial charge in [-0.1, -0.05) is 18.5 Å². The minimum Gasteiger partial charge on any atom is -0.382 e. The summed E-state index contributed by atoms with van der Waals surface area (Å²) < 4.78 is 0. The number of aromatic amines is 1. The van der Waals surface area contributed by atoms with Gasteiger partial charge in [-0.25, -0.2) is 5.10 Å². The second kappa shape index (κ2) is 6.02. The third-order valence-electron chi connectivity index (χ3n) is 2.06. The zero-order valence-electron chi connectivity index (χ0n) is 8.71. The molecule has 0 aromatic carbocycles. The lowest BCUT2D eigenvalue weighted by molar-refractivity contribution is 0.850. The van der Waals surface area contributed by atoms with E-state index in [2.05, 4.69) is 28.7 Å². The van der Waals surface area contributed by atoms with E-state index in [1.165, 1.54) is 6.20 Å². The molecule has 0 aliphatic rings. The summed E-state index contributed by atoms with van der Waals surface area (Å²) in [5.41, 5.74) is 0.230. The number of hydrogen-bond donors (Lipinski definition) is 2. The molecule has 84 valence electrons. The lowest BCUT2D eigenvalue weighted by Gasteiger charge is -2.10. The Morgan fingerprint density at radius 3 is 3.13 bits per heavy atom. The summed E-state index contributed by atoms with van der Waals surface area (Å²) in [7, 11) is 0. The first kappa shape index (κ1) is 12.4. The van der Waals surface area contributed by atoms with E-state index in [0.717, 1.165) is 13.0 Å². The standard InChI is InChI=1S/C9H14ClN3OS/c1-6(15-2)3-4-11-7-5-12-13-9(14)8(7)10/h5-6H,3-4H2,1-2H3,(H2,11,13,14). The number of nitrogens with zero attached hydrogens (tertiary/aromatic N) is 1. The molecule has 1 unspecified atom stereocenters. The molecule has 0 fully saturated rings. The van der Waals surface area contributed by atoms with Crippen LogP contribution in [-0.4, -0.2) is 28.2 Å². The highest BCUT2D eigenvalue weighted by molar-refractivity contribution is 7.99. The average Bonchev–Trinajstić information content (AvgIpc) is 2.24. The Morgan fingerprint density at radius 1 is 1.73 bits per heavy atom. The van der Waals surface area contributed by atoms with E-state index in [4.69, 9.17) is 11.6 Å². The topological polar surface area (TPSA) is 57.8 Å². The zero-order chi connectivity index (χ0) is 11.3. The van der Waals surface area contributed by atoms with Crippen molar-refractivity contribution >= 4 is 29.1 Å². The van der Waals surface area contributed by atoms with Crippen molar-refractivity contribution < 1.29 is 0 Å². The van der Waals surface area contributed by atoms with Gasteiger partial charge in [-0.2, -0.15) is 16.9 Å². The molecule has 0 aliphatic heterocycles. The quantitative estimate of drug-likeness (QED) is 0.836. The molecule has 2 N–H and O–H groups in total. The lowest BCUT2D eigenvalue weighted by atomic mass is 10.3. The van der Waals surface area contributed by atoms with Crippen LogP contribution in [0, 0.1) is 0 Å². The molecule has 0 saturated heterocycles. The first-order valence-corrected chi connectivity index (χ1v) is 6.31. The molecule has 6 heteroatoms. The maximum Gasteiger partial charge on any atom is 0.285 e. The number of hydrogen-bond acceptors (Lipinski definition) is 4. The van der Waals surface area contributed by atoms with Crippen LogP contribution in [0.2, 0.25) is 5.02 Å². The van der Waals surface area contributed by atoms with Gasteiger partial charge in [0.2, 0.25) is 0 Å². The number of rotatable bonds is 5. The molecule has 0 aliphatic carbocycles. The molecule has 1 atom stereocenters. The van der Waals surface area contributed by atoms with Gasteiger partial charge in [-0.05, 0) is 12.7 Å². The monoisotopic (exact) mass is 247 g/mol. The van der Waals surface area contributed by atoms with Crippen molar-refractivity contribution in [2.24, 2.45) is 0 Å². The SMILES string of the molecule is CSC(C)CCNc1cn[nH]c(=O)c1Cl. The van der Waals surface area contributed by atoms with Crippen LogP contribution >= 0.6 is 23.4 Å². The minimum absolute atomic E-state index is 0.168. The van der Waals surface area contributed by atoms with Gasteiger partial charge in [-0.15, -0.1) is 0 Å². The molecule has 0 amide bonds. The number of halogens is 1. The Morgan fingerprint density at radius 2 is 2.47 bits per heavy atom. The van der Waals surface area contributed by atoms with Crippen molar-refractivity contribution in [1.82, 2.24) is 10.2 Å². The Bertz CT molecular complexity index is 369. The van der Waals surface area contributed by atoms with Crippen molar-refractivity contribution in [2.75, 3.05) is 18.1 Å². The third kappa shape index (κ3) is 3.76. The molecule has 1 aromatic rings. The second-order valence-corrected chi connectivity index (χ2v) is 4.84. The predicted molar refractivity (Wildman–Crippen MR) is 66.0 cm³/mol. The summed E-state index contributed by atoms with van der Waals surface area (Å²) in [5.74, 6) is 0. The first-order chi connectivity index (χ1) is 7.15. The van der Waals surface area contributed by atoms with Gasteiger partial charge >= 0.3 is 0 Å². The van der Waals surface area contributed by atoms with Gasteiger partial charge in [0.1, 0.15) is 5.02 Å². The molecular formula is C9H14ClN3OS. The zero-order valence-corrected chi connectivity index (χ0v) is 10.3. The Hall–Kier alpha value is -0.680. The van der Waals surface area contributed by atoms with Gasteiger partial charge in [0.15, 0.2) is 0 Å². The third-order valence-corrected chi connectivity index (χ3v) is 3.48. The number of aromatic nitrogens is 2. The van der Waals surface area contributed by atoms with Crippen LogP contribution in [-0.2, 0) is 0 Å². The summed E-state index contributed by atoms with van der Waals surface area (Å²) >= 11 is 7.60. The van der Waals surface area contributed by atoms with E-state index in [9.17, 15) is 4.79 Å². The average molecular weight is 248 g/mol. The Balaban J connectivity index is 2.51. The van der Waals surface area contributed by atoms with Crippen molar-refractivity contribution in [2.45, 2.75) is 18.6 Å². The lowest BCUT2D eigenvalue weighted by Crippen LogP contribution is -2.14. The van der Waals surface area contributed by atoms with E-state index in [1.807, 2.05) is 11.8 Å². The van der Waals surface area contributed by atoms with Crippen molar-refractivity contribution in [1.29, 1.82) is 0 Å². The van der Waals surface area contributed by atoms with E-state index in [0.29, 0.717) is 10.9 Å². The van der Waals surface area contributed by atoms with Gasteiger partial charge in [0.05, 0.1) is 11.9 Å². The molecule has 15 heavy (non-hydrogen) atoms. The van der Waals surface area contributed by atoms with Crippen molar-refractivity contribution in [3.63, 3.8) is 0 Å². The molecule has 0 spiro atoms. The largest absolute Gasteiger partial charge is 0.382 e. The summed E-state index contributed by atoms with van der Waals surface area (Å²) in [5, 5.41) is 9.79. The number of nitrogens with one attached hydrogen (secondary N) is 2. The highest BCUT2D eigenvalue weighted by Crippen LogP contribution is 2.15. The summed E-state index contributed by atoms with van der Waals surface area (Å²) in [6.07, 6.45) is 4.62. The molecule has 4 nitrogen and oxygen atoms in total. The Labute approximate surface area is 97.8 Å². The molecule has 0 radical (unpaired) electrons. The fourth-order valence-electron chi connectivity index (χ4n) is 1.03. The van der Waals surface area contributed by atoms with Crippen molar-refractivity contribution in [3.8, 4) is 0 Å². The van der Waals surface area contributed by atoms with E-state index >= 15 is 0 Å². The summed E-state index contributed by atoms with van der Waals surface area (Å²) in [6.45, 7) is 2.94. The van der Waals surface area contributed by atoms with Gasteiger partial charge in [0.25, 0.3) is 5.56 Å². The van der Waals surface area contributed by atoms with Crippen LogP contribution in [0.5, 0.6) is 0 Å². The normalized spacial score (nSPS) is 12.5. The molecule has 1 aromatic heterocycles. The molecule has 0 bridgehead atoms. The Kier molecular flexibility index (Phi) is 4.98. The van der Waals surface area contributed by atoms with Crippen LogP contribution in [0.4, 0.5) is 5.69 Å². The fourth-order valence-corrected chi connectivity index (χ4v) is 1.55. The maximum absolute atomic E-state index is 11.1. The van der Waals surface area contributed by atoms with Crippen LogP contribution < -0.4 is 10.9 Å². The molecule has 1 heterocycles.